The maximum absolute atomic E-state index is 12.9. The average Bonchev–Trinajstić information content (AvgIpc) is 2.70. The van der Waals surface area contributed by atoms with Crippen LogP contribution in [0.5, 0.6) is 0 Å². The third-order valence-corrected chi connectivity index (χ3v) is 3.61. The van der Waals surface area contributed by atoms with E-state index < -0.39 is 36.2 Å². The minimum atomic E-state index is -4.51. The molecule has 10 heteroatoms. The fraction of sp³-hybridized carbons (Fsp3) is 0.211. The van der Waals surface area contributed by atoms with Gasteiger partial charge in [0.1, 0.15) is 6.54 Å². The molecule has 0 unspecified atom stereocenters. The number of carbonyl (C=O) groups excluding carboxylic acids is 3. The first kappa shape index (κ1) is 21.7. The van der Waals surface area contributed by atoms with Gasteiger partial charge in [0.15, 0.2) is 6.61 Å². The first-order valence-electron chi connectivity index (χ1n) is 8.24. The Morgan fingerprint density at radius 2 is 1.76 bits per heavy atom. The van der Waals surface area contributed by atoms with Crippen molar-refractivity contribution in [1.82, 2.24) is 5.32 Å². The van der Waals surface area contributed by atoms with Gasteiger partial charge in [-0.05, 0) is 30.3 Å². The van der Waals surface area contributed by atoms with Crippen molar-refractivity contribution in [2.75, 3.05) is 25.6 Å². The lowest BCUT2D eigenvalue weighted by Crippen LogP contribution is -2.33. The molecule has 2 aromatic carbocycles. The predicted molar refractivity (Wildman–Crippen MR) is 96.5 cm³/mol. The highest BCUT2D eigenvalue weighted by Gasteiger charge is 2.30. The topological polar surface area (TPSA) is 93.7 Å². The average molecular weight is 410 g/mol. The van der Waals surface area contributed by atoms with Gasteiger partial charge >= 0.3 is 18.1 Å². The summed E-state index contributed by atoms with van der Waals surface area (Å²) >= 11 is 0. The van der Waals surface area contributed by atoms with Crippen molar-refractivity contribution in [3.05, 3.63) is 59.7 Å². The largest absolute Gasteiger partial charge is 0.468 e. The third kappa shape index (κ3) is 6.52. The lowest BCUT2D eigenvalue weighted by atomic mass is 10.1. The Hall–Kier alpha value is -3.56. The number of halogens is 3. The monoisotopic (exact) mass is 410 g/mol. The molecule has 0 heterocycles. The number of nitrogens with one attached hydrogen (secondary N) is 2. The molecule has 0 fully saturated rings. The van der Waals surface area contributed by atoms with E-state index in [0.29, 0.717) is 0 Å². The van der Waals surface area contributed by atoms with Gasteiger partial charge in [-0.2, -0.15) is 13.2 Å². The van der Waals surface area contributed by atoms with Gasteiger partial charge in [-0.1, -0.05) is 18.2 Å². The van der Waals surface area contributed by atoms with Crippen molar-refractivity contribution in [3.8, 4) is 0 Å². The van der Waals surface area contributed by atoms with E-state index in [0.717, 1.165) is 19.2 Å². The molecular formula is C19H17F3N2O5. The normalized spacial score (nSPS) is 10.8. The molecule has 7 nitrogen and oxygen atoms in total. The molecule has 1 amide bonds. The van der Waals surface area contributed by atoms with Crippen molar-refractivity contribution >= 4 is 29.2 Å². The van der Waals surface area contributed by atoms with Gasteiger partial charge in [0.05, 0.1) is 23.9 Å². The quantitative estimate of drug-likeness (QED) is 0.682. The number of methoxy groups -OCH3 is 1. The van der Waals surface area contributed by atoms with Crippen LogP contribution >= 0.6 is 0 Å². The molecule has 0 aliphatic heterocycles. The second kappa shape index (κ2) is 9.58. The molecule has 0 aliphatic carbocycles. The number of anilines is 2. The Balaban J connectivity index is 2.06. The van der Waals surface area contributed by atoms with Gasteiger partial charge in [0.2, 0.25) is 0 Å². The zero-order chi connectivity index (χ0) is 21.4. The number of alkyl halides is 3. The highest BCUT2D eigenvalue weighted by molar-refractivity contribution is 5.97. The van der Waals surface area contributed by atoms with E-state index in [1.165, 1.54) is 30.3 Å². The van der Waals surface area contributed by atoms with Crippen LogP contribution in [0, 0.1) is 0 Å². The Labute approximate surface area is 163 Å². The molecule has 0 spiro atoms. The van der Waals surface area contributed by atoms with E-state index >= 15 is 0 Å². The Bertz CT molecular complexity index is 899. The molecule has 0 saturated carbocycles. The summed E-state index contributed by atoms with van der Waals surface area (Å²) in [5.74, 6) is -2.25. The number of carbonyl (C=O) groups is 3. The summed E-state index contributed by atoms with van der Waals surface area (Å²) in [6, 6.07) is 10.5. The molecule has 0 radical (unpaired) electrons. The number of ether oxygens (including phenoxy) is 2. The van der Waals surface area contributed by atoms with Crippen molar-refractivity contribution in [3.63, 3.8) is 0 Å². The van der Waals surface area contributed by atoms with Crippen LogP contribution in [0.4, 0.5) is 24.5 Å². The van der Waals surface area contributed by atoms with Gasteiger partial charge in [-0.25, -0.2) is 4.79 Å². The zero-order valence-corrected chi connectivity index (χ0v) is 15.2. The van der Waals surface area contributed by atoms with Crippen LogP contribution in [0.25, 0.3) is 0 Å². The van der Waals surface area contributed by atoms with Crippen LogP contribution in [0.2, 0.25) is 0 Å². The van der Waals surface area contributed by atoms with Crippen LogP contribution in [-0.4, -0.2) is 38.1 Å². The van der Waals surface area contributed by atoms with E-state index in [1.54, 1.807) is 6.07 Å². The van der Waals surface area contributed by atoms with Gasteiger partial charge in [0, 0.05) is 5.69 Å². The number of para-hydroxylation sites is 1. The molecule has 29 heavy (non-hydrogen) atoms. The minimum absolute atomic E-state index is 0.0191. The smallest absolute Gasteiger partial charge is 0.416 e. The lowest BCUT2D eigenvalue weighted by molar-refractivity contribution is -0.141. The van der Waals surface area contributed by atoms with Gasteiger partial charge in [0.25, 0.3) is 5.91 Å². The number of esters is 2. The predicted octanol–water partition coefficient (Wildman–Crippen LogP) is 2.90. The van der Waals surface area contributed by atoms with Crippen LogP contribution in [-0.2, 0) is 25.2 Å². The number of hydrogen-bond donors (Lipinski definition) is 2. The number of benzene rings is 2. The van der Waals surface area contributed by atoms with Crippen LogP contribution in [0.1, 0.15) is 15.9 Å². The van der Waals surface area contributed by atoms with Crippen LogP contribution in [0.15, 0.2) is 48.5 Å². The summed E-state index contributed by atoms with van der Waals surface area (Å²) in [4.78, 5) is 34.8. The standard InChI is InChI=1S/C19H17F3N2O5/c1-28-17(26)10-23-16(25)11-29-18(27)14-7-2-3-8-15(14)24-13-6-4-5-12(9-13)19(20,21)22/h2-9,24H,10-11H2,1H3,(H,23,25). The number of hydrogen-bond acceptors (Lipinski definition) is 6. The molecule has 2 rings (SSSR count). The van der Waals surface area contributed by atoms with Crippen molar-refractivity contribution in [1.29, 1.82) is 0 Å². The molecular weight excluding hydrogens is 393 g/mol. The third-order valence-electron chi connectivity index (χ3n) is 3.61. The SMILES string of the molecule is COC(=O)CNC(=O)COC(=O)c1ccccc1Nc1cccc(C(F)(F)F)c1. The van der Waals surface area contributed by atoms with Gasteiger partial charge < -0.3 is 20.1 Å². The Kier molecular flexibility index (Phi) is 7.18. The Morgan fingerprint density at radius 3 is 2.45 bits per heavy atom. The summed E-state index contributed by atoms with van der Waals surface area (Å²) in [5, 5.41) is 4.94. The van der Waals surface area contributed by atoms with Crippen molar-refractivity contribution < 1.29 is 37.0 Å². The molecule has 0 saturated heterocycles. The summed E-state index contributed by atoms with van der Waals surface area (Å²) in [5.41, 5.74) is -0.502. The van der Waals surface area contributed by atoms with E-state index in [2.05, 4.69) is 15.4 Å². The Morgan fingerprint density at radius 1 is 1.03 bits per heavy atom. The number of amides is 1. The van der Waals surface area contributed by atoms with E-state index in [-0.39, 0.29) is 23.5 Å². The maximum Gasteiger partial charge on any atom is 0.416 e. The van der Waals surface area contributed by atoms with Gasteiger partial charge in [-0.15, -0.1) is 0 Å². The van der Waals surface area contributed by atoms with E-state index in [4.69, 9.17) is 4.74 Å². The van der Waals surface area contributed by atoms with E-state index in [1.807, 2.05) is 0 Å². The lowest BCUT2D eigenvalue weighted by Gasteiger charge is -2.13. The van der Waals surface area contributed by atoms with Crippen molar-refractivity contribution in [2.45, 2.75) is 6.18 Å². The fourth-order valence-corrected chi connectivity index (χ4v) is 2.20. The molecule has 0 aliphatic rings. The summed E-state index contributed by atoms with van der Waals surface area (Å²) in [6.45, 7) is -1.02. The van der Waals surface area contributed by atoms with Crippen LogP contribution in [0.3, 0.4) is 0 Å². The van der Waals surface area contributed by atoms with Gasteiger partial charge in [-0.3, -0.25) is 9.59 Å². The molecule has 2 aromatic rings. The zero-order valence-electron chi connectivity index (χ0n) is 15.2. The maximum atomic E-state index is 12.9. The highest BCUT2D eigenvalue weighted by atomic mass is 19.4. The summed E-state index contributed by atoms with van der Waals surface area (Å²) < 4.78 is 47.8. The van der Waals surface area contributed by atoms with E-state index in [9.17, 15) is 27.6 Å². The minimum Gasteiger partial charge on any atom is -0.468 e. The molecule has 0 bridgehead atoms. The molecule has 0 atom stereocenters. The molecule has 154 valence electrons. The second-order valence-corrected chi connectivity index (χ2v) is 5.68. The molecule has 2 N–H and O–H groups in total. The van der Waals surface area contributed by atoms with Crippen LogP contribution < -0.4 is 10.6 Å². The summed E-state index contributed by atoms with van der Waals surface area (Å²) in [7, 11) is 1.16. The highest BCUT2D eigenvalue weighted by Crippen LogP contribution is 2.31. The molecule has 0 aromatic heterocycles. The fourth-order valence-electron chi connectivity index (χ4n) is 2.20. The van der Waals surface area contributed by atoms with Crippen molar-refractivity contribution in [2.24, 2.45) is 0 Å². The first-order valence-corrected chi connectivity index (χ1v) is 8.24. The second-order valence-electron chi connectivity index (χ2n) is 5.68. The first-order chi connectivity index (χ1) is 13.7. The number of rotatable bonds is 7. The summed E-state index contributed by atoms with van der Waals surface area (Å²) in [6.07, 6.45) is -4.51.